The number of carboxylic acids is 1. The number of carbonyl (C=O) groups excluding carboxylic acids is 3. The summed E-state index contributed by atoms with van der Waals surface area (Å²) < 4.78 is 0. The Morgan fingerprint density at radius 2 is 2.05 bits per heavy atom. The van der Waals surface area contributed by atoms with Crippen molar-refractivity contribution in [3.63, 3.8) is 0 Å². The summed E-state index contributed by atoms with van der Waals surface area (Å²) in [4.78, 5) is 46.8. The van der Waals surface area contributed by atoms with Crippen molar-refractivity contribution in [1.29, 1.82) is 0 Å². The van der Waals surface area contributed by atoms with Crippen molar-refractivity contribution < 1.29 is 24.3 Å². The highest BCUT2D eigenvalue weighted by Crippen LogP contribution is 2.09. The van der Waals surface area contributed by atoms with Crippen molar-refractivity contribution in [3.8, 4) is 0 Å². The molecule has 8 nitrogen and oxygen atoms in total. The van der Waals surface area contributed by atoms with Crippen LogP contribution in [0.25, 0.3) is 0 Å². The molecule has 0 radical (unpaired) electrons. The van der Waals surface area contributed by atoms with Gasteiger partial charge in [0.05, 0.1) is 0 Å². The third-order valence-electron chi connectivity index (χ3n) is 2.99. The van der Waals surface area contributed by atoms with Crippen LogP contribution in [-0.2, 0) is 14.4 Å². The maximum atomic E-state index is 12.0. The lowest BCUT2D eigenvalue weighted by atomic mass is 10.0. The SMILES string of the molecule is CC(C)C[C@H](NC(=O)N1CC(=O)NC(=O)C1C)C(=O)O. The summed E-state index contributed by atoms with van der Waals surface area (Å²) in [7, 11) is 0. The number of carboxylic acid groups (broad SMARTS) is 1. The Kier molecular flexibility index (Phi) is 5.06. The fourth-order valence-corrected chi connectivity index (χ4v) is 1.89. The van der Waals surface area contributed by atoms with Crippen molar-refractivity contribution in [1.82, 2.24) is 15.5 Å². The number of piperazine rings is 1. The zero-order valence-corrected chi connectivity index (χ0v) is 11.7. The molecule has 1 rings (SSSR count). The quantitative estimate of drug-likeness (QED) is 0.605. The van der Waals surface area contributed by atoms with Crippen LogP contribution in [0.1, 0.15) is 27.2 Å². The van der Waals surface area contributed by atoms with Crippen LogP contribution in [0.2, 0.25) is 0 Å². The van der Waals surface area contributed by atoms with Gasteiger partial charge in [-0.3, -0.25) is 14.9 Å². The lowest BCUT2D eigenvalue weighted by Gasteiger charge is -2.32. The zero-order valence-electron chi connectivity index (χ0n) is 11.7. The van der Waals surface area contributed by atoms with Crippen LogP contribution in [0, 0.1) is 5.92 Å². The molecule has 0 aromatic heterocycles. The molecule has 1 unspecified atom stereocenters. The maximum Gasteiger partial charge on any atom is 0.326 e. The number of urea groups is 1. The molecule has 4 amide bonds. The molecular formula is C12H19N3O5. The molecule has 1 aliphatic heterocycles. The molecule has 112 valence electrons. The summed E-state index contributed by atoms with van der Waals surface area (Å²) in [5.74, 6) is -2.22. The number of hydrogen-bond donors (Lipinski definition) is 3. The molecule has 0 spiro atoms. The first-order chi connectivity index (χ1) is 9.22. The Labute approximate surface area is 116 Å². The van der Waals surface area contributed by atoms with Gasteiger partial charge in [0.2, 0.25) is 11.8 Å². The van der Waals surface area contributed by atoms with Crippen LogP contribution in [0.3, 0.4) is 0 Å². The number of nitrogens with zero attached hydrogens (tertiary/aromatic N) is 1. The van der Waals surface area contributed by atoms with E-state index in [1.54, 1.807) is 0 Å². The Morgan fingerprint density at radius 3 is 2.55 bits per heavy atom. The molecular weight excluding hydrogens is 266 g/mol. The Morgan fingerprint density at radius 1 is 1.45 bits per heavy atom. The van der Waals surface area contributed by atoms with Gasteiger partial charge in [0.15, 0.2) is 0 Å². The average Bonchev–Trinajstić information content (AvgIpc) is 2.32. The predicted octanol–water partition coefficient (Wildman–Crippen LogP) is -0.458. The molecule has 1 aliphatic rings. The van der Waals surface area contributed by atoms with E-state index in [0.29, 0.717) is 0 Å². The first-order valence-corrected chi connectivity index (χ1v) is 6.36. The van der Waals surface area contributed by atoms with Crippen molar-refractivity contribution in [2.45, 2.75) is 39.3 Å². The Hall–Kier alpha value is -2.12. The van der Waals surface area contributed by atoms with Crippen LogP contribution in [0.15, 0.2) is 0 Å². The molecule has 1 saturated heterocycles. The molecule has 0 bridgehead atoms. The van der Waals surface area contributed by atoms with Gasteiger partial charge >= 0.3 is 12.0 Å². The third kappa shape index (κ3) is 3.94. The van der Waals surface area contributed by atoms with Crippen molar-refractivity contribution in [2.24, 2.45) is 5.92 Å². The lowest BCUT2D eigenvalue weighted by molar-refractivity contribution is -0.139. The van der Waals surface area contributed by atoms with E-state index in [2.05, 4.69) is 10.6 Å². The van der Waals surface area contributed by atoms with Gasteiger partial charge in [-0.05, 0) is 19.3 Å². The molecule has 2 atom stereocenters. The highest BCUT2D eigenvalue weighted by Gasteiger charge is 2.35. The second-order valence-electron chi connectivity index (χ2n) is 5.19. The van der Waals surface area contributed by atoms with Gasteiger partial charge in [-0.25, -0.2) is 9.59 Å². The molecule has 8 heteroatoms. The average molecular weight is 285 g/mol. The standard InChI is InChI=1S/C12H19N3O5/c1-6(2)4-8(11(18)19)13-12(20)15-5-9(16)14-10(17)7(15)3/h6-8H,4-5H2,1-3H3,(H,13,20)(H,18,19)(H,14,16,17)/t7?,8-/m0/s1. The number of imide groups is 1. The van der Waals surface area contributed by atoms with E-state index >= 15 is 0 Å². The van der Waals surface area contributed by atoms with E-state index in [4.69, 9.17) is 5.11 Å². The first kappa shape index (κ1) is 15.9. The van der Waals surface area contributed by atoms with Gasteiger partial charge in [0, 0.05) is 0 Å². The van der Waals surface area contributed by atoms with Gasteiger partial charge < -0.3 is 15.3 Å². The van der Waals surface area contributed by atoms with E-state index < -0.39 is 35.9 Å². The highest BCUT2D eigenvalue weighted by atomic mass is 16.4. The van der Waals surface area contributed by atoms with Gasteiger partial charge in [-0.15, -0.1) is 0 Å². The number of nitrogens with one attached hydrogen (secondary N) is 2. The summed E-state index contributed by atoms with van der Waals surface area (Å²) >= 11 is 0. The summed E-state index contributed by atoms with van der Waals surface area (Å²) in [6.45, 7) is 4.87. The smallest absolute Gasteiger partial charge is 0.326 e. The zero-order chi connectivity index (χ0) is 15.4. The number of carbonyl (C=O) groups is 4. The summed E-state index contributed by atoms with van der Waals surface area (Å²) in [6.07, 6.45) is 0.267. The van der Waals surface area contributed by atoms with Crippen LogP contribution in [-0.4, -0.2) is 52.4 Å². The van der Waals surface area contributed by atoms with E-state index in [-0.39, 0.29) is 18.9 Å². The fraction of sp³-hybridized carbons (Fsp3) is 0.667. The first-order valence-electron chi connectivity index (χ1n) is 6.36. The second kappa shape index (κ2) is 6.36. The van der Waals surface area contributed by atoms with E-state index in [1.165, 1.54) is 6.92 Å². The van der Waals surface area contributed by atoms with Crippen molar-refractivity contribution >= 4 is 23.8 Å². The topological polar surface area (TPSA) is 116 Å². The van der Waals surface area contributed by atoms with Crippen LogP contribution >= 0.6 is 0 Å². The molecule has 1 fully saturated rings. The van der Waals surface area contributed by atoms with Gasteiger partial charge in [-0.1, -0.05) is 13.8 Å². The van der Waals surface area contributed by atoms with Crippen LogP contribution in [0.4, 0.5) is 4.79 Å². The summed E-state index contributed by atoms with van der Waals surface area (Å²) in [5.41, 5.74) is 0. The third-order valence-corrected chi connectivity index (χ3v) is 2.99. The van der Waals surface area contributed by atoms with E-state index in [9.17, 15) is 19.2 Å². The minimum absolute atomic E-state index is 0.0834. The number of aliphatic carboxylic acids is 1. The predicted molar refractivity (Wildman–Crippen MR) is 68.7 cm³/mol. The number of rotatable bonds is 4. The normalized spacial score (nSPS) is 20.6. The van der Waals surface area contributed by atoms with Gasteiger partial charge in [0.25, 0.3) is 0 Å². The Balaban J connectivity index is 2.75. The van der Waals surface area contributed by atoms with Gasteiger partial charge in [0.1, 0.15) is 18.6 Å². The van der Waals surface area contributed by atoms with Crippen molar-refractivity contribution in [2.75, 3.05) is 6.54 Å². The van der Waals surface area contributed by atoms with Crippen LogP contribution < -0.4 is 10.6 Å². The monoisotopic (exact) mass is 285 g/mol. The molecule has 0 aromatic rings. The molecule has 20 heavy (non-hydrogen) atoms. The number of amides is 4. The summed E-state index contributed by atoms with van der Waals surface area (Å²) in [5, 5.41) is 13.5. The molecule has 3 N–H and O–H groups in total. The van der Waals surface area contributed by atoms with Crippen molar-refractivity contribution in [3.05, 3.63) is 0 Å². The second-order valence-corrected chi connectivity index (χ2v) is 5.19. The molecule has 1 heterocycles. The van der Waals surface area contributed by atoms with E-state index in [0.717, 1.165) is 4.90 Å². The fourth-order valence-electron chi connectivity index (χ4n) is 1.89. The molecule has 0 aliphatic carbocycles. The summed E-state index contributed by atoms with van der Waals surface area (Å²) in [6, 6.07) is -2.59. The minimum atomic E-state index is -1.15. The van der Waals surface area contributed by atoms with Crippen LogP contribution in [0.5, 0.6) is 0 Å². The Bertz CT molecular complexity index is 435. The largest absolute Gasteiger partial charge is 0.480 e. The minimum Gasteiger partial charge on any atom is -0.480 e. The van der Waals surface area contributed by atoms with Gasteiger partial charge in [-0.2, -0.15) is 0 Å². The number of hydrogen-bond acceptors (Lipinski definition) is 4. The maximum absolute atomic E-state index is 12.0. The molecule has 0 saturated carbocycles. The highest BCUT2D eigenvalue weighted by molar-refractivity contribution is 6.04. The van der Waals surface area contributed by atoms with E-state index in [1.807, 2.05) is 13.8 Å². The molecule has 0 aromatic carbocycles. The lowest BCUT2D eigenvalue weighted by Crippen LogP contribution is -2.62.